The van der Waals surface area contributed by atoms with Crippen molar-refractivity contribution in [2.45, 2.75) is 44.6 Å². The molecule has 0 heterocycles. The van der Waals surface area contributed by atoms with Gasteiger partial charge >= 0.3 is 0 Å². The summed E-state index contributed by atoms with van der Waals surface area (Å²) in [5, 5.41) is 0. The summed E-state index contributed by atoms with van der Waals surface area (Å²) in [6.45, 7) is 2.10. The van der Waals surface area contributed by atoms with Gasteiger partial charge in [-0.15, -0.1) is 0 Å². The third kappa shape index (κ3) is 2.32. The predicted molar refractivity (Wildman–Crippen MR) is 77.2 cm³/mol. The lowest BCUT2D eigenvalue weighted by Crippen LogP contribution is -2.22. The average molecular weight is 275 g/mol. The largest absolute Gasteiger partial charge is 0.493 e. The summed E-state index contributed by atoms with van der Waals surface area (Å²) in [4.78, 5) is 15.1. The van der Waals surface area contributed by atoms with E-state index in [1.807, 2.05) is 12.1 Å². The van der Waals surface area contributed by atoms with Gasteiger partial charge in [-0.1, -0.05) is 25.8 Å². The molecule has 0 atom stereocenters. The number of rotatable bonds is 5. The highest BCUT2D eigenvalue weighted by Gasteiger charge is 2.40. The normalized spacial score (nSPS) is 16.6. The van der Waals surface area contributed by atoms with Crippen LogP contribution in [0.15, 0.2) is 17.1 Å². The predicted octanol–water partition coefficient (Wildman–Crippen LogP) is 3.37. The number of methoxy groups -OCH3 is 2. The lowest BCUT2D eigenvalue weighted by Gasteiger charge is -2.28. The second kappa shape index (κ2) is 6.10. The van der Waals surface area contributed by atoms with Gasteiger partial charge in [-0.3, -0.25) is 0 Å². The first-order chi connectivity index (χ1) is 9.72. The highest BCUT2D eigenvalue weighted by Crippen LogP contribution is 2.49. The van der Waals surface area contributed by atoms with E-state index in [0.29, 0.717) is 11.5 Å². The monoisotopic (exact) mass is 275 g/mol. The van der Waals surface area contributed by atoms with Crippen LogP contribution >= 0.6 is 0 Å². The topological polar surface area (TPSA) is 47.9 Å². The molecule has 0 aliphatic heterocycles. The van der Waals surface area contributed by atoms with Gasteiger partial charge in [-0.2, -0.15) is 4.99 Å². The number of hydrogen-bond donors (Lipinski definition) is 0. The summed E-state index contributed by atoms with van der Waals surface area (Å²) in [5.74, 6) is 1.39. The maximum atomic E-state index is 10.9. The molecule has 0 unspecified atom stereocenters. The molecule has 0 saturated heterocycles. The zero-order valence-corrected chi connectivity index (χ0v) is 12.4. The van der Waals surface area contributed by atoms with E-state index in [9.17, 15) is 4.79 Å². The molecule has 1 aliphatic rings. The van der Waals surface area contributed by atoms with E-state index < -0.39 is 5.54 Å². The van der Waals surface area contributed by atoms with Crippen LogP contribution in [0.5, 0.6) is 11.5 Å². The second-order valence-corrected chi connectivity index (χ2v) is 5.13. The molecule has 1 aromatic rings. The summed E-state index contributed by atoms with van der Waals surface area (Å²) in [6.07, 6.45) is 6.48. The molecule has 4 heteroatoms. The van der Waals surface area contributed by atoms with Crippen LogP contribution in [0, 0.1) is 0 Å². The maximum Gasteiger partial charge on any atom is 0.235 e. The zero-order valence-electron chi connectivity index (χ0n) is 12.4. The SMILES string of the molecule is CCc1ccc(OC)c(OC)c1C1(N=C=O)CCCC1. The van der Waals surface area contributed by atoms with Gasteiger partial charge in [-0.25, -0.2) is 4.79 Å². The van der Waals surface area contributed by atoms with Gasteiger partial charge in [0.25, 0.3) is 0 Å². The van der Waals surface area contributed by atoms with Crippen LogP contribution in [0.25, 0.3) is 0 Å². The van der Waals surface area contributed by atoms with E-state index in [0.717, 1.165) is 43.2 Å². The van der Waals surface area contributed by atoms with Crippen molar-refractivity contribution in [3.05, 3.63) is 23.3 Å². The molecule has 20 heavy (non-hydrogen) atoms. The van der Waals surface area contributed by atoms with Gasteiger partial charge in [0, 0.05) is 5.56 Å². The van der Waals surface area contributed by atoms with Crippen LogP contribution in [0.4, 0.5) is 0 Å². The fourth-order valence-corrected chi connectivity index (χ4v) is 3.24. The first-order valence-electron chi connectivity index (χ1n) is 7.05. The van der Waals surface area contributed by atoms with Crippen molar-refractivity contribution in [1.29, 1.82) is 0 Å². The Morgan fingerprint density at radius 2 is 1.95 bits per heavy atom. The van der Waals surface area contributed by atoms with Crippen LogP contribution in [0.1, 0.15) is 43.7 Å². The average Bonchev–Trinajstić information content (AvgIpc) is 2.95. The lowest BCUT2D eigenvalue weighted by molar-refractivity contribution is 0.336. The maximum absolute atomic E-state index is 10.9. The number of aliphatic imine (C=N–C) groups is 1. The number of isocyanates is 1. The van der Waals surface area contributed by atoms with Gasteiger partial charge in [0.05, 0.1) is 14.2 Å². The number of aryl methyl sites for hydroxylation is 1. The Bertz CT molecular complexity index is 527. The Morgan fingerprint density at radius 3 is 2.45 bits per heavy atom. The molecule has 0 bridgehead atoms. The van der Waals surface area contributed by atoms with Crippen molar-refractivity contribution in [3.63, 3.8) is 0 Å². The summed E-state index contributed by atoms with van der Waals surface area (Å²) in [5.41, 5.74) is 1.67. The van der Waals surface area contributed by atoms with Crippen LogP contribution in [-0.4, -0.2) is 20.3 Å². The van der Waals surface area contributed by atoms with Crippen LogP contribution < -0.4 is 9.47 Å². The summed E-state index contributed by atoms with van der Waals surface area (Å²) >= 11 is 0. The summed E-state index contributed by atoms with van der Waals surface area (Å²) in [7, 11) is 3.26. The van der Waals surface area contributed by atoms with Gasteiger partial charge in [-0.05, 0) is 30.9 Å². The number of nitrogens with zero attached hydrogens (tertiary/aromatic N) is 1. The fraction of sp³-hybridized carbons (Fsp3) is 0.562. The minimum atomic E-state index is -0.493. The van der Waals surface area contributed by atoms with E-state index in [4.69, 9.17) is 9.47 Å². The van der Waals surface area contributed by atoms with Crippen molar-refractivity contribution < 1.29 is 14.3 Å². The van der Waals surface area contributed by atoms with Crippen molar-refractivity contribution in [2.75, 3.05) is 14.2 Å². The number of benzene rings is 1. The van der Waals surface area contributed by atoms with E-state index >= 15 is 0 Å². The highest BCUT2D eigenvalue weighted by molar-refractivity contribution is 5.56. The lowest BCUT2D eigenvalue weighted by atomic mass is 9.83. The molecule has 1 saturated carbocycles. The second-order valence-electron chi connectivity index (χ2n) is 5.13. The molecule has 0 aromatic heterocycles. The van der Waals surface area contributed by atoms with Crippen molar-refractivity contribution >= 4 is 6.08 Å². The van der Waals surface area contributed by atoms with E-state index in [2.05, 4.69) is 11.9 Å². The molecule has 108 valence electrons. The van der Waals surface area contributed by atoms with Gasteiger partial charge in [0.2, 0.25) is 6.08 Å². The third-order valence-electron chi connectivity index (χ3n) is 4.17. The molecule has 0 radical (unpaired) electrons. The summed E-state index contributed by atoms with van der Waals surface area (Å²) < 4.78 is 11.0. The number of carbonyl (C=O) groups excluding carboxylic acids is 1. The molecule has 0 N–H and O–H groups in total. The molecule has 0 spiro atoms. The number of ether oxygens (including phenoxy) is 2. The first-order valence-corrected chi connectivity index (χ1v) is 7.05. The van der Waals surface area contributed by atoms with Crippen molar-refractivity contribution in [1.82, 2.24) is 0 Å². The fourth-order valence-electron chi connectivity index (χ4n) is 3.24. The Morgan fingerprint density at radius 1 is 1.25 bits per heavy atom. The molecular formula is C16H21NO3. The minimum Gasteiger partial charge on any atom is -0.493 e. The highest BCUT2D eigenvalue weighted by atomic mass is 16.5. The van der Waals surface area contributed by atoms with Crippen LogP contribution in [0.2, 0.25) is 0 Å². The Hall–Kier alpha value is -1.80. The standard InChI is InChI=1S/C16H21NO3/c1-4-12-7-8-13(19-2)15(20-3)14(12)16(17-11-18)9-5-6-10-16/h7-8H,4-6,9-10H2,1-3H3. The smallest absolute Gasteiger partial charge is 0.235 e. The molecule has 2 rings (SSSR count). The van der Waals surface area contributed by atoms with Crippen LogP contribution in [-0.2, 0) is 16.8 Å². The molecule has 1 fully saturated rings. The number of hydrogen-bond acceptors (Lipinski definition) is 4. The van der Waals surface area contributed by atoms with E-state index in [1.165, 1.54) is 0 Å². The quantitative estimate of drug-likeness (QED) is 0.611. The van der Waals surface area contributed by atoms with Crippen LogP contribution in [0.3, 0.4) is 0 Å². The molecule has 0 amide bonds. The van der Waals surface area contributed by atoms with E-state index in [1.54, 1.807) is 20.3 Å². The Balaban J connectivity index is 2.71. The van der Waals surface area contributed by atoms with Gasteiger partial charge in [0.1, 0.15) is 5.54 Å². The zero-order chi connectivity index (χ0) is 14.6. The molecular weight excluding hydrogens is 254 g/mol. The Labute approximate surface area is 119 Å². The summed E-state index contributed by atoms with van der Waals surface area (Å²) in [6, 6.07) is 3.95. The third-order valence-corrected chi connectivity index (χ3v) is 4.17. The van der Waals surface area contributed by atoms with Crippen molar-refractivity contribution in [2.24, 2.45) is 4.99 Å². The van der Waals surface area contributed by atoms with Crippen molar-refractivity contribution in [3.8, 4) is 11.5 Å². The molecule has 1 aliphatic carbocycles. The Kier molecular flexibility index (Phi) is 4.46. The molecule has 4 nitrogen and oxygen atoms in total. The molecule has 1 aromatic carbocycles. The van der Waals surface area contributed by atoms with Gasteiger partial charge < -0.3 is 9.47 Å². The van der Waals surface area contributed by atoms with E-state index in [-0.39, 0.29) is 0 Å². The minimum absolute atomic E-state index is 0.493. The first kappa shape index (κ1) is 14.6. The van der Waals surface area contributed by atoms with Gasteiger partial charge in [0.15, 0.2) is 11.5 Å².